The van der Waals surface area contributed by atoms with Gasteiger partial charge in [0.05, 0.1) is 5.52 Å². The Morgan fingerprint density at radius 3 is 2.29 bits per heavy atom. The Bertz CT molecular complexity index is 302. The Morgan fingerprint density at radius 1 is 1.21 bits per heavy atom. The van der Waals surface area contributed by atoms with E-state index in [1.54, 1.807) is 0 Å². The van der Waals surface area contributed by atoms with Crippen LogP contribution < -0.4 is 0 Å². The summed E-state index contributed by atoms with van der Waals surface area (Å²) in [6.45, 7) is 8.25. The molecule has 0 spiro atoms. The number of aromatic amines is 1. The summed E-state index contributed by atoms with van der Waals surface area (Å²) in [7, 11) is 2.02. The van der Waals surface area contributed by atoms with Gasteiger partial charge in [0.15, 0.2) is 0 Å². The number of H-pyrrole nitrogens is 1. The van der Waals surface area contributed by atoms with Gasteiger partial charge in [-0.2, -0.15) is 0 Å². The van der Waals surface area contributed by atoms with Crippen LogP contribution in [0.15, 0.2) is 24.7 Å². The highest BCUT2D eigenvalue weighted by Gasteiger charge is 1.92. The van der Waals surface area contributed by atoms with Crippen LogP contribution in [0.4, 0.5) is 0 Å². The van der Waals surface area contributed by atoms with E-state index in [1.165, 1.54) is 17.3 Å². The molecule has 0 aromatic carbocycles. The first-order valence-corrected chi connectivity index (χ1v) is 5.37. The molecule has 0 amide bonds. The lowest BCUT2D eigenvalue weighted by molar-refractivity contribution is 0.931. The van der Waals surface area contributed by atoms with Gasteiger partial charge in [0.2, 0.25) is 0 Å². The van der Waals surface area contributed by atoms with Crippen molar-refractivity contribution in [3.8, 4) is 0 Å². The standard InChI is InChI=1S/C7H8N2.C3H8.C2H6/c1-9-4-6-2-3-8-7(6)5-9;1-3-2;1-2/h2-5,8H,1H3;3H2,1-2H3;1-2H3. The van der Waals surface area contributed by atoms with Crippen molar-refractivity contribution < 1.29 is 0 Å². The number of rotatable bonds is 0. The second-order valence-electron chi connectivity index (χ2n) is 2.98. The van der Waals surface area contributed by atoms with Crippen molar-refractivity contribution in [2.24, 2.45) is 7.05 Å². The molecule has 0 saturated heterocycles. The molecular weight excluding hydrogens is 172 g/mol. The van der Waals surface area contributed by atoms with E-state index < -0.39 is 0 Å². The minimum atomic E-state index is 1.21. The van der Waals surface area contributed by atoms with Gasteiger partial charge in [-0.25, -0.2) is 0 Å². The molecule has 2 rings (SSSR count). The van der Waals surface area contributed by atoms with Gasteiger partial charge in [0, 0.05) is 31.0 Å². The topological polar surface area (TPSA) is 20.7 Å². The molecule has 0 aliphatic rings. The minimum Gasteiger partial charge on any atom is -0.360 e. The zero-order valence-electron chi connectivity index (χ0n) is 9.96. The highest BCUT2D eigenvalue weighted by Crippen LogP contribution is 2.10. The summed E-state index contributed by atoms with van der Waals surface area (Å²) in [5.74, 6) is 0. The fraction of sp³-hybridized carbons (Fsp3) is 0.500. The summed E-state index contributed by atoms with van der Waals surface area (Å²) in [5, 5.41) is 1.28. The molecule has 2 aromatic rings. The summed E-state index contributed by atoms with van der Waals surface area (Å²) in [5.41, 5.74) is 1.21. The highest BCUT2D eigenvalue weighted by molar-refractivity contribution is 5.78. The van der Waals surface area contributed by atoms with Crippen molar-refractivity contribution >= 4 is 10.9 Å². The van der Waals surface area contributed by atoms with Gasteiger partial charge in [0.1, 0.15) is 0 Å². The number of hydrogen-bond acceptors (Lipinski definition) is 0. The van der Waals surface area contributed by atoms with Crippen LogP contribution in [0.3, 0.4) is 0 Å². The third-order valence-corrected chi connectivity index (χ3v) is 1.49. The van der Waals surface area contributed by atoms with Crippen LogP contribution in [-0.2, 0) is 7.05 Å². The Kier molecular flexibility index (Phi) is 6.63. The maximum atomic E-state index is 3.12. The van der Waals surface area contributed by atoms with Crippen LogP contribution in [0, 0.1) is 0 Å². The van der Waals surface area contributed by atoms with E-state index in [0.717, 1.165) is 0 Å². The smallest absolute Gasteiger partial charge is 0.0633 e. The molecule has 0 aliphatic carbocycles. The summed E-state index contributed by atoms with van der Waals surface area (Å²) in [6, 6.07) is 2.06. The molecule has 0 bridgehead atoms. The van der Waals surface area contributed by atoms with Gasteiger partial charge in [0.25, 0.3) is 0 Å². The van der Waals surface area contributed by atoms with Crippen molar-refractivity contribution in [3.05, 3.63) is 24.7 Å². The third-order valence-electron chi connectivity index (χ3n) is 1.49. The number of aromatic nitrogens is 2. The fourth-order valence-electron chi connectivity index (χ4n) is 1.08. The SMILES string of the molecule is CC.CCC.Cn1cc2cc[nH]c2c1. The maximum absolute atomic E-state index is 3.12. The van der Waals surface area contributed by atoms with Crippen molar-refractivity contribution in [2.75, 3.05) is 0 Å². The first-order chi connectivity index (χ1) is 6.77. The largest absolute Gasteiger partial charge is 0.360 e. The van der Waals surface area contributed by atoms with Gasteiger partial charge < -0.3 is 9.55 Å². The van der Waals surface area contributed by atoms with Crippen LogP contribution in [0.5, 0.6) is 0 Å². The molecule has 0 unspecified atom stereocenters. The van der Waals surface area contributed by atoms with Crippen LogP contribution in [0.25, 0.3) is 10.9 Å². The summed E-state index contributed by atoms with van der Waals surface area (Å²) >= 11 is 0. The summed E-state index contributed by atoms with van der Waals surface area (Å²) in [4.78, 5) is 3.12. The van der Waals surface area contributed by atoms with Gasteiger partial charge >= 0.3 is 0 Å². The lowest BCUT2D eigenvalue weighted by Crippen LogP contribution is -1.77. The van der Waals surface area contributed by atoms with Gasteiger partial charge in [-0.05, 0) is 6.07 Å². The average Bonchev–Trinajstić information content (AvgIpc) is 2.69. The Morgan fingerprint density at radius 2 is 1.79 bits per heavy atom. The van der Waals surface area contributed by atoms with E-state index >= 15 is 0 Å². The minimum absolute atomic E-state index is 1.21. The molecule has 2 aromatic heterocycles. The molecule has 0 saturated carbocycles. The van der Waals surface area contributed by atoms with Crippen molar-refractivity contribution in [2.45, 2.75) is 34.1 Å². The summed E-state index contributed by atoms with van der Waals surface area (Å²) in [6.07, 6.45) is 7.35. The molecule has 1 N–H and O–H groups in total. The maximum Gasteiger partial charge on any atom is 0.0633 e. The molecule has 2 heterocycles. The van der Waals surface area contributed by atoms with Crippen LogP contribution >= 0.6 is 0 Å². The fourth-order valence-corrected chi connectivity index (χ4v) is 1.08. The van der Waals surface area contributed by atoms with E-state index in [9.17, 15) is 0 Å². The highest BCUT2D eigenvalue weighted by atomic mass is 14.9. The van der Waals surface area contributed by atoms with E-state index in [-0.39, 0.29) is 0 Å². The van der Waals surface area contributed by atoms with E-state index in [0.29, 0.717) is 0 Å². The third kappa shape index (κ3) is 3.69. The Labute approximate surface area is 86.9 Å². The lowest BCUT2D eigenvalue weighted by Gasteiger charge is -1.81. The van der Waals surface area contributed by atoms with E-state index in [2.05, 4.69) is 37.3 Å². The average molecular weight is 194 g/mol. The second kappa shape index (κ2) is 7.25. The molecule has 80 valence electrons. The van der Waals surface area contributed by atoms with Crippen LogP contribution in [0.2, 0.25) is 0 Å². The van der Waals surface area contributed by atoms with Gasteiger partial charge in [-0.15, -0.1) is 0 Å². The number of nitrogens with one attached hydrogen (secondary N) is 1. The first kappa shape index (κ1) is 12.8. The Balaban J connectivity index is 0.000000294. The first-order valence-electron chi connectivity index (χ1n) is 5.37. The number of fused-ring (bicyclic) bond motifs is 1. The molecule has 0 aliphatic heterocycles. The number of aryl methyl sites for hydroxylation is 1. The van der Waals surface area contributed by atoms with Crippen molar-refractivity contribution in [1.29, 1.82) is 0 Å². The Hall–Kier alpha value is -1.18. The van der Waals surface area contributed by atoms with E-state index in [4.69, 9.17) is 0 Å². The molecule has 14 heavy (non-hydrogen) atoms. The molecule has 0 fully saturated rings. The van der Waals surface area contributed by atoms with Crippen molar-refractivity contribution in [1.82, 2.24) is 9.55 Å². The zero-order chi connectivity index (χ0) is 11.0. The zero-order valence-corrected chi connectivity index (χ0v) is 9.96. The van der Waals surface area contributed by atoms with Crippen LogP contribution in [0.1, 0.15) is 34.1 Å². The van der Waals surface area contributed by atoms with E-state index in [1.807, 2.05) is 31.7 Å². The molecule has 0 radical (unpaired) electrons. The van der Waals surface area contributed by atoms with Crippen molar-refractivity contribution in [3.63, 3.8) is 0 Å². The number of hydrogen-bond donors (Lipinski definition) is 1. The second-order valence-corrected chi connectivity index (χ2v) is 2.98. The molecule has 2 nitrogen and oxygen atoms in total. The monoisotopic (exact) mass is 194 g/mol. The van der Waals surface area contributed by atoms with Crippen LogP contribution in [-0.4, -0.2) is 9.55 Å². The summed E-state index contributed by atoms with van der Waals surface area (Å²) < 4.78 is 2.04. The number of nitrogens with zero attached hydrogens (tertiary/aromatic N) is 1. The quantitative estimate of drug-likeness (QED) is 0.655. The van der Waals surface area contributed by atoms with Gasteiger partial charge in [-0.3, -0.25) is 0 Å². The van der Waals surface area contributed by atoms with Gasteiger partial charge in [-0.1, -0.05) is 34.1 Å². The molecular formula is C12H22N2. The normalized spacial score (nSPS) is 8.64. The molecule has 0 atom stereocenters. The lowest BCUT2D eigenvalue weighted by atomic mass is 10.4. The molecule has 2 heteroatoms. The predicted octanol–water partition coefficient (Wildman–Crippen LogP) is 3.95. The predicted molar refractivity (Wildman–Crippen MR) is 64.6 cm³/mol.